The molecule has 2 heterocycles. The largest absolute Gasteiger partial charge is 0.378 e. The normalized spacial score (nSPS) is 15.6. The standard InChI is InChI=1S/C13H14FN3O3/c1-16-12(18)8-15-10-6-9(7-11(20-14)13(10)16)17-2-4-19-5-3-17/h6-8H,2-5H2,1H3. The summed E-state index contributed by atoms with van der Waals surface area (Å²) in [7, 11) is 1.56. The third-order valence-corrected chi connectivity index (χ3v) is 3.48. The summed E-state index contributed by atoms with van der Waals surface area (Å²) in [4.78, 5) is 21.7. The van der Waals surface area contributed by atoms with E-state index in [0.717, 1.165) is 18.8 Å². The first-order valence-electron chi connectivity index (χ1n) is 6.32. The van der Waals surface area contributed by atoms with Gasteiger partial charge in [-0.2, -0.15) is 0 Å². The molecule has 0 radical (unpaired) electrons. The monoisotopic (exact) mass is 279 g/mol. The highest BCUT2D eigenvalue weighted by molar-refractivity contribution is 5.85. The first-order chi connectivity index (χ1) is 9.70. The number of ether oxygens (including phenoxy) is 1. The minimum absolute atomic E-state index is 0.00306. The van der Waals surface area contributed by atoms with Crippen molar-refractivity contribution in [2.75, 3.05) is 31.2 Å². The number of nitrogens with zero attached hydrogens (tertiary/aromatic N) is 3. The number of benzene rings is 1. The fraction of sp³-hybridized carbons (Fsp3) is 0.385. The van der Waals surface area contributed by atoms with Crippen molar-refractivity contribution < 1.29 is 14.2 Å². The average Bonchev–Trinajstić information content (AvgIpc) is 2.50. The molecular formula is C13H14FN3O3. The third kappa shape index (κ3) is 2.09. The highest BCUT2D eigenvalue weighted by atomic mass is 19.3. The molecule has 1 aliphatic rings. The number of hydrogen-bond donors (Lipinski definition) is 0. The van der Waals surface area contributed by atoms with E-state index in [-0.39, 0.29) is 11.3 Å². The van der Waals surface area contributed by atoms with Gasteiger partial charge in [-0.15, -0.1) is 0 Å². The van der Waals surface area contributed by atoms with E-state index in [1.165, 1.54) is 10.8 Å². The van der Waals surface area contributed by atoms with Gasteiger partial charge in [0.2, 0.25) is 0 Å². The van der Waals surface area contributed by atoms with E-state index in [9.17, 15) is 9.32 Å². The van der Waals surface area contributed by atoms with Crippen molar-refractivity contribution >= 4 is 16.7 Å². The van der Waals surface area contributed by atoms with Crippen molar-refractivity contribution in [1.82, 2.24) is 9.55 Å². The number of anilines is 1. The quantitative estimate of drug-likeness (QED) is 0.822. The summed E-state index contributed by atoms with van der Waals surface area (Å²) >= 11 is 0. The number of fused-ring (bicyclic) bond motifs is 1. The van der Waals surface area contributed by atoms with Crippen molar-refractivity contribution in [3.63, 3.8) is 0 Å². The highest BCUT2D eigenvalue weighted by Gasteiger charge is 2.16. The first-order valence-corrected chi connectivity index (χ1v) is 6.32. The molecule has 0 amide bonds. The van der Waals surface area contributed by atoms with Gasteiger partial charge in [-0.1, -0.05) is 0 Å². The summed E-state index contributed by atoms with van der Waals surface area (Å²) in [6, 6.07) is 3.40. The lowest BCUT2D eigenvalue weighted by Gasteiger charge is -2.29. The molecule has 0 bridgehead atoms. The number of hydrogen-bond acceptors (Lipinski definition) is 5. The Hall–Kier alpha value is -2.15. The van der Waals surface area contributed by atoms with Crippen LogP contribution < -0.4 is 15.4 Å². The average molecular weight is 279 g/mol. The first kappa shape index (κ1) is 12.9. The second-order valence-corrected chi connectivity index (χ2v) is 4.64. The summed E-state index contributed by atoms with van der Waals surface area (Å²) in [5, 5.41) is 0. The Morgan fingerprint density at radius 1 is 1.35 bits per heavy atom. The van der Waals surface area contributed by atoms with Crippen LogP contribution in [0.15, 0.2) is 23.1 Å². The van der Waals surface area contributed by atoms with Crippen LogP contribution in [0.2, 0.25) is 0 Å². The Balaban J connectivity index is 2.17. The van der Waals surface area contributed by atoms with Gasteiger partial charge in [0.25, 0.3) is 5.56 Å². The Kier molecular flexibility index (Phi) is 3.27. The smallest absolute Gasteiger partial charge is 0.269 e. The molecule has 106 valence electrons. The van der Waals surface area contributed by atoms with Crippen LogP contribution in [0.5, 0.6) is 5.75 Å². The van der Waals surface area contributed by atoms with Crippen LogP contribution in [0.3, 0.4) is 0 Å². The SMILES string of the molecule is Cn1c(=O)cnc2cc(N3CCOCC3)cc(OF)c21. The molecule has 0 unspecified atom stereocenters. The lowest BCUT2D eigenvalue weighted by atomic mass is 10.2. The van der Waals surface area contributed by atoms with Gasteiger partial charge in [-0.3, -0.25) is 9.74 Å². The summed E-state index contributed by atoms with van der Waals surface area (Å²) in [6.45, 7) is 2.71. The minimum Gasteiger partial charge on any atom is -0.378 e. The summed E-state index contributed by atoms with van der Waals surface area (Å²) < 4.78 is 19.4. The molecular weight excluding hydrogens is 265 g/mol. The summed E-state index contributed by atoms with van der Waals surface area (Å²) in [5.74, 6) is -0.00306. The maximum Gasteiger partial charge on any atom is 0.269 e. The zero-order valence-corrected chi connectivity index (χ0v) is 11.0. The Labute approximate surface area is 114 Å². The van der Waals surface area contributed by atoms with E-state index in [2.05, 4.69) is 14.8 Å². The lowest BCUT2D eigenvalue weighted by molar-refractivity contribution is -0.00466. The van der Waals surface area contributed by atoms with Crippen LogP contribution in [0.4, 0.5) is 10.2 Å². The number of aryl methyl sites for hydroxylation is 1. The van der Waals surface area contributed by atoms with E-state index >= 15 is 0 Å². The predicted molar refractivity (Wildman–Crippen MR) is 71.8 cm³/mol. The van der Waals surface area contributed by atoms with Crippen molar-refractivity contribution in [2.24, 2.45) is 7.05 Å². The van der Waals surface area contributed by atoms with E-state index in [0.29, 0.717) is 24.2 Å². The van der Waals surface area contributed by atoms with E-state index in [1.54, 1.807) is 13.1 Å². The fourth-order valence-corrected chi connectivity index (χ4v) is 2.40. The van der Waals surface area contributed by atoms with Crippen LogP contribution in [-0.2, 0) is 11.8 Å². The van der Waals surface area contributed by atoms with Gasteiger partial charge < -0.3 is 14.2 Å². The third-order valence-electron chi connectivity index (χ3n) is 3.48. The second kappa shape index (κ2) is 5.09. The molecule has 7 heteroatoms. The molecule has 0 aliphatic carbocycles. The van der Waals surface area contributed by atoms with E-state index in [1.807, 2.05) is 6.07 Å². The molecule has 0 N–H and O–H groups in total. The van der Waals surface area contributed by atoms with Crippen molar-refractivity contribution in [3.05, 3.63) is 28.7 Å². The van der Waals surface area contributed by atoms with E-state index < -0.39 is 0 Å². The van der Waals surface area contributed by atoms with Crippen molar-refractivity contribution in [1.29, 1.82) is 0 Å². The molecule has 20 heavy (non-hydrogen) atoms. The van der Waals surface area contributed by atoms with Crippen LogP contribution in [0, 0.1) is 0 Å². The molecule has 6 nitrogen and oxygen atoms in total. The number of morpholine rings is 1. The van der Waals surface area contributed by atoms with Gasteiger partial charge in [-0.25, -0.2) is 4.98 Å². The maximum absolute atomic E-state index is 12.8. The molecule has 1 aromatic carbocycles. The minimum atomic E-state index is -0.310. The topological polar surface area (TPSA) is 56.6 Å². The molecule has 1 aromatic heterocycles. The van der Waals surface area contributed by atoms with E-state index in [4.69, 9.17) is 4.74 Å². The number of aromatic nitrogens is 2. The van der Waals surface area contributed by atoms with Gasteiger partial charge >= 0.3 is 0 Å². The van der Waals surface area contributed by atoms with Gasteiger partial charge in [0.05, 0.1) is 24.9 Å². The fourth-order valence-electron chi connectivity index (χ4n) is 2.40. The zero-order chi connectivity index (χ0) is 14.1. The Bertz CT molecular complexity index is 695. The van der Waals surface area contributed by atoms with Crippen molar-refractivity contribution in [3.8, 4) is 5.75 Å². The summed E-state index contributed by atoms with van der Waals surface area (Å²) in [5.41, 5.74) is 1.36. The zero-order valence-electron chi connectivity index (χ0n) is 11.0. The van der Waals surface area contributed by atoms with Crippen LogP contribution in [0.1, 0.15) is 0 Å². The van der Waals surface area contributed by atoms with Crippen LogP contribution >= 0.6 is 0 Å². The number of rotatable bonds is 2. The lowest BCUT2D eigenvalue weighted by Crippen LogP contribution is -2.36. The molecule has 0 saturated carbocycles. The van der Waals surface area contributed by atoms with Gasteiger partial charge in [0.1, 0.15) is 5.52 Å². The molecule has 3 rings (SSSR count). The van der Waals surface area contributed by atoms with Crippen molar-refractivity contribution in [2.45, 2.75) is 0 Å². The highest BCUT2D eigenvalue weighted by Crippen LogP contribution is 2.30. The van der Waals surface area contributed by atoms with Gasteiger partial charge in [-0.05, 0) is 6.07 Å². The second-order valence-electron chi connectivity index (χ2n) is 4.64. The van der Waals surface area contributed by atoms with Gasteiger partial charge in [0.15, 0.2) is 5.75 Å². The predicted octanol–water partition coefficient (Wildman–Crippen LogP) is 1.03. The molecule has 2 aromatic rings. The molecule has 1 saturated heterocycles. The molecule has 0 atom stereocenters. The Morgan fingerprint density at radius 2 is 2.10 bits per heavy atom. The Morgan fingerprint density at radius 3 is 2.80 bits per heavy atom. The molecule has 1 fully saturated rings. The maximum atomic E-state index is 12.8. The van der Waals surface area contributed by atoms with Crippen LogP contribution in [-0.4, -0.2) is 35.9 Å². The molecule has 1 aliphatic heterocycles. The number of halogens is 1. The van der Waals surface area contributed by atoms with Crippen LogP contribution in [0.25, 0.3) is 11.0 Å². The van der Waals surface area contributed by atoms with Gasteiger partial charge in [0, 0.05) is 36.4 Å². The molecule has 0 spiro atoms. The summed E-state index contributed by atoms with van der Waals surface area (Å²) in [6.07, 6.45) is 1.22.